The summed E-state index contributed by atoms with van der Waals surface area (Å²) in [6.07, 6.45) is 0.958. The molecule has 0 saturated carbocycles. The number of rotatable bonds is 2. The second kappa shape index (κ2) is 4.17. The molecule has 0 amide bonds. The van der Waals surface area contributed by atoms with Gasteiger partial charge < -0.3 is 0 Å². The van der Waals surface area contributed by atoms with Crippen molar-refractivity contribution in [3.05, 3.63) is 46.0 Å². The number of nitrogens with zero attached hydrogens (tertiary/aromatic N) is 5. The van der Waals surface area contributed by atoms with E-state index in [1.165, 1.54) is 0 Å². The topological polar surface area (TPSA) is 97.6 Å². The molecule has 0 saturated heterocycles. The van der Waals surface area contributed by atoms with Crippen molar-refractivity contribution in [3.63, 3.8) is 0 Å². The van der Waals surface area contributed by atoms with Crippen LogP contribution in [0.5, 0.6) is 0 Å². The second-order valence-corrected chi connectivity index (χ2v) is 3.14. The largest absolute Gasteiger partial charge is 0.330 e. The minimum Gasteiger partial charge on any atom is -0.258 e. The smallest absolute Gasteiger partial charge is 0.258 e. The number of nitro groups is 1. The third-order valence-corrected chi connectivity index (χ3v) is 2.03. The molecule has 0 aliphatic carbocycles. The Hall–Kier alpha value is -2.89. The first-order valence-corrected chi connectivity index (χ1v) is 4.48. The molecule has 0 radical (unpaired) electrons. The lowest BCUT2D eigenvalue weighted by atomic mass is 10.2. The van der Waals surface area contributed by atoms with Gasteiger partial charge in [-0.1, -0.05) is 0 Å². The van der Waals surface area contributed by atoms with Crippen LogP contribution in [0, 0.1) is 33.1 Å². The van der Waals surface area contributed by atoms with Gasteiger partial charge in [0.1, 0.15) is 18.2 Å². The van der Waals surface area contributed by atoms with E-state index in [1.807, 2.05) is 0 Å². The van der Waals surface area contributed by atoms with Crippen LogP contribution < -0.4 is 0 Å². The van der Waals surface area contributed by atoms with Gasteiger partial charge in [0.2, 0.25) is 5.82 Å². The van der Waals surface area contributed by atoms with Gasteiger partial charge in [0, 0.05) is 12.1 Å². The molecule has 7 nitrogen and oxygen atoms in total. The summed E-state index contributed by atoms with van der Waals surface area (Å²) >= 11 is 0. The van der Waals surface area contributed by atoms with Crippen LogP contribution in [-0.4, -0.2) is 19.7 Å². The van der Waals surface area contributed by atoms with E-state index in [4.69, 9.17) is 5.26 Å². The molecule has 1 aromatic carbocycles. The minimum atomic E-state index is -1.33. The van der Waals surface area contributed by atoms with Crippen LogP contribution in [0.15, 0.2) is 18.5 Å². The molecule has 0 aliphatic rings. The summed E-state index contributed by atoms with van der Waals surface area (Å²) in [7, 11) is 0. The number of aromatic nitrogens is 3. The van der Waals surface area contributed by atoms with Crippen molar-refractivity contribution in [1.82, 2.24) is 14.8 Å². The van der Waals surface area contributed by atoms with E-state index in [9.17, 15) is 18.9 Å². The van der Waals surface area contributed by atoms with Crippen molar-refractivity contribution in [2.75, 3.05) is 0 Å². The van der Waals surface area contributed by atoms with Gasteiger partial charge in [0.15, 0.2) is 5.69 Å². The Balaban J connectivity index is 2.69. The lowest BCUT2D eigenvalue weighted by molar-refractivity contribution is -0.387. The van der Waals surface area contributed by atoms with Gasteiger partial charge in [-0.3, -0.25) is 10.1 Å². The number of hydrogen-bond acceptors (Lipinski definition) is 5. The van der Waals surface area contributed by atoms with E-state index >= 15 is 0 Å². The Morgan fingerprint density at radius 2 is 2.17 bits per heavy atom. The van der Waals surface area contributed by atoms with Crippen molar-refractivity contribution in [2.24, 2.45) is 0 Å². The first-order valence-electron chi connectivity index (χ1n) is 4.48. The standard InChI is InChI=1S/C9H3F2N5O2/c10-5-1-6(11)9(16(17)18)7(2-5)15-4-13-8(3-12)14-15/h1-2,4H. The lowest BCUT2D eigenvalue weighted by Gasteiger charge is -2.03. The molecule has 1 heterocycles. The molecule has 0 fully saturated rings. The fourth-order valence-electron chi connectivity index (χ4n) is 1.34. The first kappa shape index (κ1) is 11.6. The summed E-state index contributed by atoms with van der Waals surface area (Å²) in [6.45, 7) is 0. The van der Waals surface area contributed by atoms with Crippen LogP contribution in [0.25, 0.3) is 5.69 Å². The van der Waals surface area contributed by atoms with Crippen molar-refractivity contribution in [2.45, 2.75) is 0 Å². The number of nitro benzene ring substituents is 1. The molecule has 0 spiro atoms. The quantitative estimate of drug-likeness (QED) is 0.592. The number of benzene rings is 1. The molecular formula is C9H3F2N5O2. The van der Waals surface area contributed by atoms with Crippen LogP contribution in [0.2, 0.25) is 0 Å². The molecule has 0 unspecified atom stereocenters. The maximum absolute atomic E-state index is 13.3. The highest BCUT2D eigenvalue weighted by Crippen LogP contribution is 2.26. The van der Waals surface area contributed by atoms with Gasteiger partial charge >= 0.3 is 5.69 Å². The van der Waals surface area contributed by atoms with Gasteiger partial charge in [-0.05, 0) is 0 Å². The molecule has 0 aliphatic heterocycles. The zero-order chi connectivity index (χ0) is 13.3. The third kappa shape index (κ3) is 1.86. The Bertz CT molecular complexity index is 676. The summed E-state index contributed by atoms with van der Waals surface area (Å²) < 4.78 is 27.2. The second-order valence-electron chi connectivity index (χ2n) is 3.14. The maximum atomic E-state index is 13.3. The Kier molecular flexibility index (Phi) is 2.69. The molecule has 2 rings (SSSR count). The van der Waals surface area contributed by atoms with Crippen molar-refractivity contribution < 1.29 is 13.7 Å². The first-order chi connectivity index (χ1) is 8.52. The Labute approximate surface area is 98.1 Å². The number of hydrogen-bond donors (Lipinski definition) is 0. The van der Waals surface area contributed by atoms with Gasteiger partial charge in [0.25, 0.3) is 5.82 Å². The van der Waals surface area contributed by atoms with E-state index in [0.29, 0.717) is 6.07 Å². The number of halogens is 2. The lowest BCUT2D eigenvalue weighted by Crippen LogP contribution is -2.04. The summed E-state index contributed by atoms with van der Waals surface area (Å²) in [6, 6.07) is 2.72. The fourth-order valence-corrected chi connectivity index (χ4v) is 1.34. The van der Waals surface area contributed by atoms with Crippen molar-refractivity contribution in [1.29, 1.82) is 5.26 Å². The molecule has 0 atom stereocenters. The molecule has 0 bridgehead atoms. The van der Waals surface area contributed by atoms with Crippen LogP contribution >= 0.6 is 0 Å². The van der Waals surface area contributed by atoms with Crippen LogP contribution in [-0.2, 0) is 0 Å². The van der Waals surface area contributed by atoms with E-state index in [1.54, 1.807) is 6.07 Å². The average molecular weight is 251 g/mol. The molecule has 18 heavy (non-hydrogen) atoms. The highest BCUT2D eigenvalue weighted by Gasteiger charge is 2.24. The van der Waals surface area contributed by atoms with E-state index in [-0.39, 0.29) is 5.82 Å². The van der Waals surface area contributed by atoms with Crippen LogP contribution in [0.3, 0.4) is 0 Å². The van der Waals surface area contributed by atoms with E-state index < -0.39 is 27.9 Å². The maximum Gasteiger partial charge on any atom is 0.330 e. The van der Waals surface area contributed by atoms with Crippen LogP contribution in [0.4, 0.5) is 14.5 Å². The molecule has 1 aromatic heterocycles. The minimum absolute atomic E-state index is 0.269. The Morgan fingerprint density at radius 1 is 1.44 bits per heavy atom. The SMILES string of the molecule is N#Cc1ncn(-c2cc(F)cc(F)c2[N+](=O)[O-])n1. The van der Waals surface area contributed by atoms with Crippen LogP contribution in [0.1, 0.15) is 5.82 Å². The Morgan fingerprint density at radius 3 is 2.72 bits per heavy atom. The highest BCUT2D eigenvalue weighted by molar-refractivity contribution is 5.52. The summed E-state index contributed by atoms with van der Waals surface area (Å²) in [5.74, 6) is -2.60. The zero-order valence-corrected chi connectivity index (χ0v) is 8.54. The summed E-state index contributed by atoms with van der Waals surface area (Å²) in [4.78, 5) is 13.2. The molecular weight excluding hydrogens is 248 g/mol. The van der Waals surface area contributed by atoms with Crippen molar-refractivity contribution >= 4 is 5.69 Å². The predicted octanol–water partition coefficient (Wildman–Crippen LogP) is 1.33. The highest BCUT2D eigenvalue weighted by atomic mass is 19.1. The van der Waals surface area contributed by atoms with E-state index in [0.717, 1.165) is 17.1 Å². The normalized spacial score (nSPS) is 10.1. The molecule has 90 valence electrons. The third-order valence-electron chi connectivity index (χ3n) is 2.03. The monoisotopic (exact) mass is 251 g/mol. The van der Waals surface area contributed by atoms with Gasteiger partial charge in [0.05, 0.1) is 4.92 Å². The average Bonchev–Trinajstić information content (AvgIpc) is 2.75. The van der Waals surface area contributed by atoms with E-state index in [2.05, 4.69) is 10.1 Å². The fraction of sp³-hybridized carbons (Fsp3) is 0. The summed E-state index contributed by atoms with van der Waals surface area (Å²) in [5.41, 5.74) is -1.38. The molecule has 9 heteroatoms. The predicted molar refractivity (Wildman–Crippen MR) is 52.6 cm³/mol. The molecule has 2 aromatic rings. The van der Waals surface area contributed by atoms with Gasteiger partial charge in [-0.25, -0.2) is 14.1 Å². The van der Waals surface area contributed by atoms with Gasteiger partial charge in [-0.2, -0.15) is 9.65 Å². The van der Waals surface area contributed by atoms with Gasteiger partial charge in [-0.15, -0.1) is 5.10 Å². The summed E-state index contributed by atoms with van der Waals surface area (Å²) in [5, 5.41) is 22.8. The number of nitriles is 1. The molecule has 0 N–H and O–H groups in total. The zero-order valence-electron chi connectivity index (χ0n) is 8.54. The van der Waals surface area contributed by atoms with Crippen molar-refractivity contribution in [3.8, 4) is 11.8 Å².